The van der Waals surface area contributed by atoms with Crippen molar-refractivity contribution in [3.63, 3.8) is 0 Å². The molecule has 0 bridgehead atoms. The molecule has 88 valence electrons. The monoisotopic (exact) mass is 245 g/mol. The predicted octanol–water partition coefficient (Wildman–Crippen LogP) is 0.670. The molecule has 6 nitrogen and oxygen atoms in total. The van der Waals surface area contributed by atoms with Crippen molar-refractivity contribution in [2.45, 2.75) is 12.6 Å². The van der Waals surface area contributed by atoms with Crippen LogP contribution in [0.25, 0.3) is 0 Å². The van der Waals surface area contributed by atoms with Crippen LogP contribution in [0.5, 0.6) is 0 Å². The van der Waals surface area contributed by atoms with Gasteiger partial charge in [0.2, 0.25) is 0 Å². The van der Waals surface area contributed by atoms with Crippen molar-refractivity contribution in [1.29, 1.82) is 0 Å². The number of carbonyl (C=O) groups is 1. The molecule has 0 aliphatic heterocycles. The normalized spacial score (nSPS) is 16.4. The summed E-state index contributed by atoms with van der Waals surface area (Å²) in [4.78, 5) is 10.6. The maximum absolute atomic E-state index is 10.6. The lowest BCUT2D eigenvalue weighted by molar-refractivity contribution is 0.0695. The molecule has 2 atom stereocenters. The lowest BCUT2D eigenvalue weighted by atomic mass is 10.0. The van der Waals surface area contributed by atoms with E-state index in [-0.39, 0.29) is 5.56 Å². The molecule has 0 aliphatic rings. The van der Waals surface area contributed by atoms with Crippen LogP contribution in [0.2, 0.25) is 0 Å². The topological polar surface area (TPSA) is 110 Å². The van der Waals surface area contributed by atoms with E-state index >= 15 is 0 Å². The Morgan fingerprint density at radius 2 is 1.94 bits per heavy atom. The van der Waals surface area contributed by atoms with Gasteiger partial charge in [-0.3, -0.25) is 10.3 Å². The highest BCUT2D eigenvalue weighted by Crippen LogP contribution is 2.20. The fourth-order valence-electron chi connectivity index (χ4n) is 1.14. The molecule has 1 rings (SSSR count). The fraction of sp³-hybridized carbons (Fsp3) is 0.222. The van der Waals surface area contributed by atoms with Crippen molar-refractivity contribution < 1.29 is 22.8 Å². The molecule has 4 N–H and O–H groups in total. The molecule has 0 aliphatic carbocycles. The highest BCUT2D eigenvalue weighted by atomic mass is 32.2. The quantitative estimate of drug-likeness (QED) is 0.531. The smallest absolute Gasteiger partial charge is 0.335 e. The van der Waals surface area contributed by atoms with Gasteiger partial charge in [0.1, 0.15) is 0 Å². The largest absolute Gasteiger partial charge is 0.478 e. The standard InChI is InChI=1S/C9H11NO5S/c1-9(10,15-16(13)14)7-4-2-6(3-5-7)8(11)12/h2-5H,10H2,1H3,(H,11,12)(H,13,14). The first-order valence-corrected chi connectivity index (χ1v) is 5.29. The van der Waals surface area contributed by atoms with Crippen molar-refractivity contribution in [1.82, 2.24) is 0 Å². The van der Waals surface area contributed by atoms with E-state index in [2.05, 4.69) is 4.18 Å². The summed E-state index contributed by atoms with van der Waals surface area (Å²) in [6, 6.07) is 5.53. The van der Waals surface area contributed by atoms with Gasteiger partial charge in [0, 0.05) is 0 Å². The number of aromatic carboxylic acids is 1. The van der Waals surface area contributed by atoms with Crippen LogP contribution in [0, 0.1) is 0 Å². The minimum absolute atomic E-state index is 0.102. The molecule has 0 spiro atoms. The van der Waals surface area contributed by atoms with Crippen LogP contribution in [0.4, 0.5) is 0 Å². The van der Waals surface area contributed by atoms with Gasteiger partial charge in [-0.25, -0.2) is 8.98 Å². The first-order chi connectivity index (χ1) is 7.33. The van der Waals surface area contributed by atoms with E-state index in [0.717, 1.165) is 0 Å². The molecular formula is C9H11NO5S. The number of benzene rings is 1. The average molecular weight is 245 g/mol. The van der Waals surface area contributed by atoms with E-state index in [9.17, 15) is 9.00 Å². The summed E-state index contributed by atoms with van der Waals surface area (Å²) < 4.78 is 23.6. The number of carboxylic acids is 1. The van der Waals surface area contributed by atoms with E-state index in [1.807, 2.05) is 0 Å². The number of hydrogen-bond donors (Lipinski definition) is 3. The van der Waals surface area contributed by atoms with Gasteiger partial charge in [-0.15, -0.1) is 0 Å². The van der Waals surface area contributed by atoms with Gasteiger partial charge in [0.05, 0.1) is 5.56 Å². The van der Waals surface area contributed by atoms with Gasteiger partial charge >= 0.3 is 17.3 Å². The van der Waals surface area contributed by atoms with E-state index < -0.39 is 23.1 Å². The molecule has 0 saturated heterocycles. The third-order valence-corrected chi connectivity index (χ3v) is 2.44. The third kappa shape index (κ3) is 3.11. The second-order valence-corrected chi connectivity index (χ2v) is 3.89. The third-order valence-electron chi connectivity index (χ3n) is 1.95. The Kier molecular flexibility index (Phi) is 3.76. The van der Waals surface area contributed by atoms with Crippen molar-refractivity contribution in [3.8, 4) is 0 Å². The molecular weight excluding hydrogens is 234 g/mol. The summed E-state index contributed by atoms with van der Waals surface area (Å²) in [5.41, 5.74) is 4.70. The molecule has 0 saturated carbocycles. The molecule has 0 aromatic heterocycles. The van der Waals surface area contributed by atoms with Crippen molar-refractivity contribution in [3.05, 3.63) is 35.4 Å². The molecule has 0 fully saturated rings. The highest BCUT2D eigenvalue weighted by molar-refractivity contribution is 7.74. The van der Waals surface area contributed by atoms with Crippen molar-refractivity contribution in [2.75, 3.05) is 0 Å². The zero-order chi connectivity index (χ0) is 12.3. The van der Waals surface area contributed by atoms with Crippen LogP contribution in [0.15, 0.2) is 24.3 Å². The zero-order valence-corrected chi connectivity index (χ0v) is 9.23. The van der Waals surface area contributed by atoms with Crippen LogP contribution in [-0.2, 0) is 21.3 Å². The Morgan fingerprint density at radius 3 is 2.31 bits per heavy atom. The summed E-state index contributed by atoms with van der Waals surface area (Å²) in [7, 11) is 0. The molecule has 7 heteroatoms. The fourth-order valence-corrected chi connectivity index (χ4v) is 1.53. The molecule has 16 heavy (non-hydrogen) atoms. The molecule has 1 aromatic rings. The highest BCUT2D eigenvalue weighted by Gasteiger charge is 2.25. The Morgan fingerprint density at radius 1 is 1.44 bits per heavy atom. The molecule has 0 radical (unpaired) electrons. The van der Waals surface area contributed by atoms with E-state index in [1.165, 1.54) is 31.2 Å². The van der Waals surface area contributed by atoms with Gasteiger partial charge in [-0.05, 0) is 24.6 Å². The van der Waals surface area contributed by atoms with E-state index in [4.69, 9.17) is 15.4 Å². The number of hydrogen-bond acceptors (Lipinski definition) is 4. The zero-order valence-electron chi connectivity index (χ0n) is 8.41. The van der Waals surface area contributed by atoms with Crippen molar-refractivity contribution >= 4 is 17.3 Å². The van der Waals surface area contributed by atoms with Crippen LogP contribution >= 0.6 is 0 Å². The molecule has 0 heterocycles. The van der Waals surface area contributed by atoms with Gasteiger partial charge in [0.25, 0.3) is 0 Å². The first-order valence-electron chi connectivity index (χ1n) is 4.26. The molecule has 0 amide bonds. The minimum Gasteiger partial charge on any atom is -0.478 e. The molecule has 2 unspecified atom stereocenters. The lowest BCUT2D eigenvalue weighted by Gasteiger charge is -2.22. The Bertz CT molecular complexity index is 414. The SMILES string of the molecule is CC(N)(OS(=O)O)c1ccc(C(=O)O)cc1. The van der Waals surface area contributed by atoms with Crippen LogP contribution in [0.1, 0.15) is 22.8 Å². The van der Waals surface area contributed by atoms with Crippen LogP contribution in [-0.4, -0.2) is 19.8 Å². The van der Waals surface area contributed by atoms with Gasteiger partial charge in [0.15, 0.2) is 5.72 Å². The van der Waals surface area contributed by atoms with Crippen LogP contribution in [0.3, 0.4) is 0 Å². The molecule has 1 aromatic carbocycles. The maximum atomic E-state index is 10.6. The van der Waals surface area contributed by atoms with E-state index in [0.29, 0.717) is 5.56 Å². The predicted molar refractivity (Wildman–Crippen MR) is 56.8 cm³/mol. The second kappa shape index (κ2) is 4.71. The number of carboxylic acid groups (broad SMARTS) is 1. The average Bonchev–Trinajstić information content (AvgIpc) is 2.16. The Labute approximate surface area is 94.5 Å². The minimum atomic E-state index is -2.49. The van der Waals surface area contributed by atoms with Gasteiger partial charge in [-0.1, -0.05) is 12.1 Å². The first kappa shape index (κ1) is 12.8. The maximum Gasteiger partial charge on any atom is 0.335 e. The second-order valence-electron chi connectivity index (χ2n) is 3.29. The number of rotatable bonds is 4. The van der Waals surface area contributed by atoms with Crippen molar-refractivity contribution in [2.24, 2.45) is 5.73 Å². The summed E-state index contributed by atoms with van der Waals surface area (Å²) >= 11 is -2.49. The van der Waals surface area contributed by atoms with Crippen LogP contribution < -0.4 is 5.73 Å². The van der Waals surface area contributed by atoms with E-state index in [1.54, 1.807) is 0 Å². The summed E-state index contributed by atoms with van der Waals surface area (Å²) in [5.74, 6) is -1.06. The Balaban J connectivity index is 2.96. The van der Waals surface area contributed by atoms with Gasteiger partial charge < -0.3 is 5.11 Å². The summed E-state index contributed by atoms with van der Waals surface area (Å²) in [6.07, 6.45) is 0. The Hall–Kier alpha value is -1.28. The lowest BCUT2D eigenvalue weighted by Crippen LogP contribution is -2.36. The number of nitrogens with two attached hydrogens (primary N) is 1. The van der Waals surface area contributed by atoms with Gasteiger partial charge in [-0.2, -0.15) is 4.21 Å². The summed E-state index contributed by atoms with van der Waals surface area (Å²) in [6.45, 7) is 1.40. The summed E-state index contributed by atoms with van der Waals surface area (Å²) in [5, 5.41) is 8.67.